The van der Waals surface area contributed by atoms with Crippen LogP contribution in [0.4, 0.5) is 11.6 Å². The Hall–Kier alpha value is -2.34. The lowest BCUT2D eigenvalue weighted by Gasteiger charge is -2.18. The Balaban J connectivity index is 2.31. The highest BCUT2D eigenvalue weighted by Gasteiger charge is 2.28. The number of nitrogens with one attached hydrogen (secondary N) is 1. The van der Waals surface area contributed by atoms with Crippen molar-refractivity contribution in [3.63, 3.8) is 0 Å². The van der Waals surface area contributed by atoms with E-state index in [2.05, 4.69) is 27.4 Å². The molecule has 0 aromatic carbocycles. The smallest absolute Gasteiger partial charge is 0.136 e. The first-order chi connectivity index (χ1) is 9.28. The Bertz CT molecular complexity index is 507. The number of nitriles is 2. The molecule has 98 valence electrons. The second-order valence-corrected chi connectivity index (χ2v) is 4.45. The summed E-state index contributed by atoms with van der Waals surface area (Å²) in [7, 11) is 0. The Morgan fingerprint density at radius 3 is 2.53 bits per heavy atom. The minimum Gasteiger partial charge on any atom is -0.370 e. The molecule has 1 aliphatic rings. The average Bonchev–Trinajstić information content (AvgIpc) is 3.23. The zero-order valence-electron chi connectivity index (χ0n) is 10.9. The van der Waals surface area contributed by atoms with Crippen molar-refractivity contribution >= 4 is 11.6 Å². The minimum absolute atomic E-state index is 0.153. The highest BCUT2D eigenvalue weighted by atomic mass is 15.2. The fraction of sp³-hybridized carbons (Fsp3) is 0.538. The van der Waals surface area contributed by atoms with Gasteiger partial charge < -0.3 is 10.2 Å². The van der Waals surface area contributed by atoms with Crippen molar-refractivity contribution in [1.29, 1.82) is 10.5 Å². The molecular formula is C13H16N6. The SMILES string of the molecule is CCNc1cc(N(CC#N)CC#N)nc(C2CC2)n1. The summed E-state index contributed by atoms with van der Waals surface area (Å²) in [4.78, 5) is 10.6. The fourth-order valence-electron chi connectivity index (χ4n) is 1.80. The van der Waals surface area contributed by atoms with Crippen LogP contribution >= 0.6 is 0 Å². The van der Waals surface area contributed by atoms with Gasteiger partial charge in [-0.2, -0.15) is 10.5 Å². The topological polar surface area (TPSA) is 88.6 Å². The van der Waals surface area contributed by atoms with Gasteiger partial charge in [-0.05, 0) is 19.8 Å². The molecule has 1 aromatic rings. The van der Waals surface area contributed by atoms with Crippen molar-refractivity contribution in [2.75, 3.05) is 29.9 Å². The maximum atomic E-state index is 8.83. The predicted molar refractivity (Wildman–Crippen MR) is 71.6 cm³/mol. The summed E-state index contributed by atoms with van der Waals surface area (Å²) in [5.41, 5.74) is 0. The van der Waals surface area contributed by atoms with Gasteiger partial charge in [0.25, 0.3) is 0 Å². The third-order valence-electron chi connectivity index (χ3n) is 2.88. The summed E-state index contributed by atoms with van der Waals surface area (Å²) < 4.78 is 0. The standard InChI is InChI=1S/C13H16N6/c1-2-16-11-9-12(19(7-5-14)8-6-15)18-13(17-11)10-3-4-10/h9-10H,2-4,7-8H2,1H3,(H,16,17,18). The van der Waals surface area contributed by atoms with Gasteiger partial charge >= 0.3 is 0 Å². The molecule has 0 spiro atoms. The van der Waals surface area contributed by atoms with Crippen LogP contribution in [0.2, 0.25) is 0 Å². The summed E-state index contributed by atoms with van der Waals surface area (Å²) in [6, 6.07) is 5.92. The first-order valence-corrected chi connectivity index (χ1v) is 6.40. The zero-order valence-corrected chi connectivity index (χ0v) is 10.9. The van der Waals surface area contributed by atoms with Crippen molar-refractivity contribution in [1.82, 2.24) is 9.97 Å². The molecule has 0 aliphatic heterocycles. The summed E-state index contributed by atoms with van der Waals surface area (Å²) in [6.45, 7) is 3.08. The molecule has 0 bridgehead atoms. The van der Waals surface area contributed by atoms with E-state index >= 15 is 0 Å². The number of hydrogen-bond donors (Lipinski definition) is 1. The van der Waals surface area contributed by atoms with E-state index in [1.165, 1.54) is 0 Å². The van der Waals surface area contributed by atoms with Crippen LogP contribution in [0, 0.1) is 22.7 Å². The van der Waals surface area contributed by atoms with E-state index in [0.717, 1.165) is 31.0 Å². The largest absolute Gasteiger partial charge is 0.370 e. The Morgan fingerprint density at radius 1 is 1.32 bits per heavy atom. The van der Waals surface area contributed by atoms with E-state index in [0.29, 0.717) is 11.7 Å². The summed E-state index contributed by atoms with van der Waals surface area (Å²) >= 11 is 0. The number of hydrogen-bond acceptors (Lipinski definition) is 6. The number of aromatic nitrogens is 2. The van der Waals surface area contributed by atoms with Gasteiger partial charge in [-0.15, -0.1) is 0 Å². The van der Waals surface area contributed by atoms with Crippen molar-refractivity contribution in [2.45, 2.75) is 25.7 Å². The van der Waals surface area contributed by atoms with Crippen LogP contribution in [-0.4, -0.2) is 29.6 Å². The Labute approximate surface area is 112 Å². The molecule has 6 nitrogen and oxygen atoms in total. The lowest BCUT2D eigenvalue weighted by Crippen LogP contribution is -2.25. The number of nitrogens with zero attached hydrogens (tertiary/aromatic N) is 5. The first kappa shape index (κ1) is 13.1. The Kier molecular flexibility index (Phi) is 4.15. The van der Waals surface area contributed by atoms with Crippen LogP contribution < -0.4 is 10.2 Å². The molecule has 0 radical (unpaired) electrons. The Morgan fingerprint density at radius 2 is 2.00 bits per heavy atom. The third-order valence-corrected chi connectivity index (χ3v) is 2.88. The van der Waals surface area contributed by atoms with Crippen LogP contribution in [0.5, 0.6) is 0 Å². The van der Waals surface area contributed by atoms with E-state index in [9.17, 15) is 0 Å². The van der Waals surface area contributed by atoms with Crippen molar-refractivity contribution in [3.05, 3.63) is 11.9 Å². The second-order valence-electron chi connectivity index (χ2n) is 4.45. The molecule has 0 saturated heterocycles. The molecule has 0 unspecified atom stereocenters. The molecular weight excluding hydrogens is 240 g/mol. The quantitative estimate of drug-likeness (QED) is 0.778. The summed E-state index contributed by atoms with van der Waals surface area (Å²) in [5, 5.41) is 20.8. The van der Waals surface area contributed by atoms with E-state index in [1.54, 1.807) is 11.0 Å². The van der Waals surface area contributed by atoms with Gasteiger partial charge in [-0.1, -0.05) is 0 Å². The monoisotopic (exact) mass is 256 g/mol. The normalized spacial score (nSPS) is 13.4. The molecule has 2 rings (SSSR count). The van der Waals surface area contributed by atoms with Gasteiger partial charge in [0.2, 0.25) is 0 Å². The highest BCUT2D eigenvalue weighted by molar-refractivity contribution is 5.51. The van der Waals surface area contributed by atoms with Crippen LogP contribution in [-0.2, 0) is 0 Å². The molecule has 1 aliphatic carbocycles. The lowest BCUT2D eigenvalue weighted by molar-refractivity contribution is 0.871. The fourth-order valence-corrected chi connectivity index (χ4v) is 1.80. The molecule has 0 atom stereocenters. The maximum absolute atomic E-state index is 8.83. The molecule has 1 heterocycles. The molecule has 1 aromatic heterocycles. The molecule has 0 amide bonds. The van der Waals surface area contributed by atoms with E-state index in [-0.39, 0.29) is 13.1 Å². The lowest BCUT2D eigenvalue weighted by atomic mass is 10.3. The van der Waals surface area contributed by atoms with E-state index < -0.39 is 0 Å². The molecule has 6 heteroatoms. The van der Waals surface area contributed by atoms with Gasteiger partial charge in [0.05, 0.1) is 12.1 Å². The van der Waals surface area contributed by atoms with Gasteiger partial charge in [-0.25, -0.2) is 9.97 Å². The predicted octanol–water partition coefficient (Wildman–Crippen LogP) is 1.64. The van der Waals surface area contributed by atoms with Gasteiger partial charge in [0.1, 0.15) is 30.5 Å². The van der Waals surface area contributed by atoms with Crippen molar-refractivity contribution < 1.29 is 0 Å². The molecule has 1 saturated carbocycles. The summed E-state index contributed by atoms with van der Waals surface area (Å²) in [5.74, 6) is 2.66. The second kappa shape index (κ2) is 6.01. The van der Waals surface area contributed by atoms with Crippen LogP contribution in [0.1, 0.15) is 31.5 Å². The third kappa shape index (κ3) is 3.32. The average molecular weight is 256 g/mol. The zero-order chi connectivity index (χ0) is 13.7. The minimum atomic E-state index is 0.153. The number of anilines is 2. The van der Waals surface area contributed by atoms with Crippen molar-refractivity contribution in [2.24, 2.45) is 0 Å². The maximum Gasteiger partial charge on any atom is 0.136 e. The van der Waals surface area contributed by atoms with Gasteiger partial charge in [0.15, 0.2) is 0 Å². The highest BCUT2D eigenvalue weighted by Crippen LogP contribution is 2.39. The van der Waals surface area contributed by atoms with Crippen molar-refractivity contribution in [3.8, 4) is 12.1 Å². The van der Waals surface area contributed by atoms with Gasteiger partial charge in [0, 0.05) is 18.5 Å². The molecule has 1 N–H and O–H groups in total. The van der Waals surface area contributed by atoms with E-state index in [4.69, 9.17) is 10.5 Å². The number of rotatable bonds is 6. The van der Waals surface area contributed by atoms with Crippen LogP contribution in [0.25, 0.3) is 0 Å². The van der Waals surface area contributed by atoms with Crippen LogP contribution in [0.3, 0.4) is 0 Å². The molecule has 19 heavy (non-hydrogen) atoms. The van der Waals surface area contributed by atoms with E-state index in [1.807, 2.05) is 6.92 Å². The summed E-state index contributed by atoms with van der Waals surface area (Å²) in [6.07, 6.45) is 2.23. The first-order valence-electron chi connectivity index (χ1n) is 6.40. The molecule has 1 fully saturated rings. The van der Waals surface area contributed by atoms with Gasteiger partial charge in [-0.3, -0.25) is 0 Å². The van der Waals surface area contributed by atoms with Crippen LogP contribution in [0.15, 0.2) is 6.07 Å².